The second kappa shape index (κ2) is 2.46. The van der Waals surface area contributed by atoms with Crippen LogP contribution in [0.15, 0.2) is 0 Å². The van der Waals surface area contributed by atoms with Gasteiger partial charge in [0.1, 0.15) is 0 Å². The molecule has 1 heterocycles. The smallest absolute Gasteiger partial charge is 0.0684 e. The van der Waals surface area contributed by atoms with Crippen molar-refractivity contribution in [3.63, 3.8) is 0 Å². The Bertz CT molecular complexity index is 64.9. The number of nitrogens with one attached hydrogen (secondary N) is 2. The number of rotatable bonds is 0. The van der Waals surface area contributed by atoms with Crippen molar-refractivity contribution < 1.29 is 4.90 Å². The Labute approximate surface area is 50.9 Å². The second-order valence-corrected chi connectivity index (χ2v) is 2.56. The molecule has 0 aromatic carbocycles. The molecule has 0 saturated carbocycles. The Balaban J connectivity index is 2.23. The van der Waals surface area contributed by atoms with Crippen molar-refractivity contribution in [3.05, 3.63) is 7.05 Å². The highest BCUT2D eigenvalue weighted by molar-refractivity contribution is 4.61. The molecular weight excluding hydrogens is 100 g/mol. The molecule has 0 aliphatic carbocycles. The molecule has 1 fully saturated rings. The lowest BCUT2D eigenvalue weighted by molar-refractivity contribution is -0.858. The minimum absolute atomic E-state index is 0.663. The first-order valence-corrected chi connectivity index (χ1v) is 3.19. The summed E-state index contributed by atoms with van der Waals surface area (Å²) in [6.45, 7) is 5.66. The van der Waals surface area contributed by atoms with E-state index in [0.717, 1.165) is 6.54 Å². The van der Waals surface area contributed by atoms with Gasteiger partial charge in [0.15, 0.2) is 0 Å². The zero-order valence-corrected chi connectivity index (χ0v) is 5.41. The maximum atomic E-state index is 3.92. The molecule has 8 heavy (non-hydrogen) atoms. The molecule has 0 amide bonds. The summed E-state index contributed by atoms with van der Waals surface area (Å²) in [7, 11) is 3.92. The summed E-state index contributed by atoms with van der Waals surface area (Å²) in [4.78, 5) is 1.40. The lowest BCUT2D eigenvalue weighted by Gasteiger charge is -2.30. The fourth-order valence-electron chi connectivity index (χ4n) is 1.10. The van der Waals surface area contributed by atoms with E-state index >= 15 is 0 Å². The lowest BCUT2D eigenvalue weighted by atomic mass is 10.2. The fourth-order valence-corrected chi connectivity index (χ4v) is 1.10. The molecule has 1 aliphatic heterocycles. The largest absolute Gasteiger partial charge is 0.466 e. The highest BCUT2D eigenvalue weighted by atomic mass is 15.2. The van der Waals surface area contributed by atoms with Gasteiger partial charge in [-0.15, -0.1) is 0 Å². The van der Waals surface area contributed by atoms with Gasteiger partial charge in [-0.2, -0.15) is 7.05 Å². The summed E-state index contributed by atoms with van der Waals surface area (Å²) in [5.41, 5.74) is 0. The molecular formula is C6H14N2. The van der Waals surface area contributed by atoms with Gasteiger partial charge in [0.25, 0.3) is 0 Å². The quantitative estimate of drug-likeness (QED) is 0.372. The highest BCUT2D eigenvalue weighted by Gasteiger charge is 2.09. The van der Waals surface area contributed by atoms with Gasteiger partial charge in [-0.1, -0.05) is 0 Å². The summed E-state index contributed by atoms with van der Waals surface area (Å²) in [5.74, 6) is 0. The van der Waals surface area contributed by atoms with E-state index in [9.17, 15) is 0 Å². The normalized spacial score (nSPS) is 39.8. The first kappa shape index (κ1) is 6.05. The first-order chi connectivity index (χ1) is 3.79. The van der Waals surface area contributed by atoms with Crippen LogP contribution in [-0.4, -0.2) is 25.7 Å². The van der Waals surface area contributed by atoms with Crippen molar-refractivity contribution >= 4 is 0 Å². The van der Waals surface area contributed by atoms with Crippen molar-refractivity contribution in [2.75, 3.05) is 19.6 Å². The van der Waals surface area contributed by atoms with E-state index in [1.165, 1.54) is 18.0 Å². The molecule has 2 nitrogen and oxygen atoms in total. The van der Waals surface area contributed by atoms with Crippen molar-refractivity contribution in [2.24, 2.45) is 0 Å². The zero-order valence-electron chi connectivity index (χ0n) is 5.41. The van der Waals surface area contributed by atoms with Crippen LogP contribution in [0.4, 0.5) is 0 Å². The van der Waals surface area contributed by atoms with Crippen LogP contribution in [0.1, 0.15) is 6.92 Å². The molecule has 2 unspecified atom stereocenters. The lowest BCUT2D eigenvalue weighted by Crippen LogP contribution is -3.10. The van der Waals surface area contributed by atoms with Crippen LogP contribution >= 0.6 is 0 Å². The predicted molar refractivity (Wildman–Crippen MR) is 33.5 cm³/mol. The third kappa shape index (κ3) is 1.46. The average molecular weight is 114 g/mol. The first-order valence-electron chi connectivity index (χ1n) is 3.19. The molecule has 1 aliphatic rings. The van der Waals surface area contributed by atoms with Gasteiger partial charge in [-0.05, 0) is 6.92 Å². The Morgan fingerprint density at radius 3 is 2.88 bits per heavy atom. The molecule has 48 valence electrons. The maximum absolute atomic E-state index is 3.92. The van der Waals surface area contributed by atoms with Crippen LogP contribution < -0.4 is 10.2 Å². The average Bonchev–Trinajstić information content (AvgIpc) is 1.64. The van der Waals surface area contributed by atoms with Gasteiger partial charge in [0, 0.05) is 6.54 Å². The predicted octanol–water partition coefficient (Wildman–Crippen LogP) is -1.35. The van der Waals surface area contributed by atoms with Crippen LogP contribution in [-0.2, 0) is 0 Å². The van der Waals surface area contributed by atoms with E-state index in [-0.39, 0.29) is 0 Å². The number of quaternary nitrogens is 1. The zero-order chi connectivity index (χ0) is 5.98. The minimum Gasteiger partial charge on any atom is -0.466 e. The SMILES string of the molecule is [CH2-][NH+]1CCNC(C)C1. The van der Waals surface area contributed by atoms with Gasteiger partial charge in [0.2, 0.25) is 0 Å². The van der Waals surface area contributed by atoms with E-state index in [1.54, 1.807) is 0 Å². The maximum Gasteiger partial charge on any atom is 0.0684 e. The van der Waals surface area contributed by atoms with E-state index < -0.39 is 0 Å². The topological polar surface area (TPSA) is 16.5 Å². The standard InChI is InChI=1S/C6H14N2/c1-6-5-8(2)4-3-7-6/h6-8H,2-5H2,1H3. The molecule has 1 rings (SSSR count). The molecule has 2 heteroatoms. The summed E-state index contributed by atoms with van der Waals surface area (Å²) in [5, 5.41) is 3.35. The van der Waals surface area contributed by atoms with Gasteiger partial charge < -0.3 is 10.2 Å². The Morgan fingerprint density at radius 2 is 2.50 bits per heavy atom. The molecule has 2 atom stereocenters. The molecule has 0 aromatic rings. The van der Waals surface area contributed by atoms with E-state index in [2.05, 4.69) is 19.3 Å². The van der Waals surface area contributed by atoms with Gasteiger partial charge >= 0.3 is 0 Å². The summed E-state index contributed by atoms with van der Waals surface area (Å²) in [6.07, 6.45) is 0. The monoisotopic (exact) mass is 114 g/mol. The van der Waals surface area contributed by atoms with Crippen molar-refractivity contribution in [2.45, 2.75) is 13.0 Å². The van der Waals surface area contributed by atoms with Gasteiger partial charge in [-0.3, -0.25) is 0 Å². The van der Waals surface area contributed by atoms with Gasteiger partial charge in [0.05, 0.1) is 19.1 Å². The summed E-state index contributed by atoms with van der Waals surface area (Å²) in [6, 6.07) is 0.663. The van der Waals surface area contributed by atoms with Crippen LogP contribution in [0.5, 0.6) is 0 Å². The van der Waals surface area contributed by atoms with Crippen LogP contribution in [0, 0.1) is 7.05 Å². The van der Waals surface area contributed by atoms with E-state index in [4.69, 9.17) is 0 Å². The Hall–Kier alpha value is -0.0800. The van der Waals surface area contributed by atoms with Crippen LogP contribution in [0.3, 0.4) is 0 Å². The number of hydrogen-bond acceptors (Lipinski definition) is 1. The highest BCUT2D eigenvalue weighted by Crippen LogP contribution is 1.76. The van der Waals surface area contributed by atoms with Crippen molar-refractivity contribution in [1.82, 2.24) is 5.32 Å². The molecule has 1 saturated heterocycles. The fraction of sp³-hybridized carbons (Fsp3) is 0.833. The summed E-state index contributed by atoms with van der Waals surface area (Å²) >= 11 is 0. The second-order valence-electron chi connectivity index (χ2n) is 2.56. The van der Waals surface area contributed by atoms with Crippen LogP contribution in [0.25, 0.3) is 0 Å². The third-order valence-corrected chi connectivity index (χ3v) is 1.57. The minimum atomic E-state index is 0.663. The van der Waals surface area contributed by atoms with E-state index in [0.29, 0.717) is 6.04 Å². The molecule has 0 bridgehead atoms. The summed E-state index contributed by atoms with van der Waals surface area (Å²) < 4.78 is 0. The molecule has 0 aromatic heterocycles. The molecule has 0 spiro atoms. The van der Waals surface area contributed by atoms with E-state index in [1.807, 2.05) is 0 Å². The third-order valence-electron chi connectivity index (χ3n) is 1.57. The van der Waals surface area contributed by atoms with Gasteiger partial charge in [-0.25, -0.2) is 0 Å². The van der Waals surface area contributed by atoms with Crippen LogP contribution in [0.2, 0.25) is 0 Å². The number of hydrogen-bond donors (Lipinski definition) is 2. The van der Waals surface area contributed by atoms with Crippen molar-refractivity contribution in [1.29, 1.82) is 0 Å². The Kier molecular flexibility index (Phi) is 1.86. The molecule has 2 N–H and O–H groups in total. The Morgan fingerprint density at radius 1 is 1.75 bits per heavy atom. The molecule has 0 radical (unpaired) electrons. The van der Waals surface area contributed by atoms with Crippen molar-refractivity contribution in [3.8, 4) is 0 Å². The number of piperazine rings is 1.